The maximum absolute atomic E-state index is 12.1. The molecule has 0 radical (unpaired) electrons. The number of Topliss-reactive ketones (excluding diaryl/α,β-unsaturated/α-hetero) is 1. The van der Waals surface area contributed by atoms with Crippen LogP contribution in [0.15, 0.2) is 6.07 Å². The van der Waals surface area contributed by atoms with Gasteiger partial charge in [-0.1, -0.05) is 0 Å². The van der Waals surface area contributed by atoms with Gasteiger partial charge in [-0.25, -0.2) is 0 Å². The Labute approximate surface area is 130 Å². The lowest BCUT2D eigenvalue weighted by atomic mass is 9.92. The lowest BCUT2D eigenvalue weighted by molar-refractivity contribution is -0.189. The molecule has 0 N–H and O–H groups in total. The molecule has 2 aliphatic heterocycles. The van der Waals surface area contributed by atoms with Crippen LogP contribution in [0.4, 0.5) is 0 Å². The molecule has 0 aromatic heterocycles. The molecule has 0 bridgehead atoms. The van der Waals surface area contributed by atoms with Crippen molar-refractivity contribution in [3.05, 3.63) is 33.9 Å². The van der Waals surface area contributed by atoms with Gasteiger partial charge in [-0.05, 0) is 67.3 Å². The predicted molar refractivity (Wildman–Crippen MR) is 80.7 cm³/mol. The summed E-state index contributed by atoms with van der Waals surface area (Å²) in [7, 11) is 0. The molecule has 1 aliphatic carbocycles. The largest absolute Gasteiger partial charge is 0.372 e. The molecule has 2 atom stereocenters. The lowest BCUT2D eigenvalue weighted by Crippen LogP contribution is -2.24. The molecule has 1 aromatic carbocycles. The van der Waals surface area contributed by atoms with Crippen LogP contribution in [0.3, 0.4) is 0 Å². The Morgan fingerprint density at radius 1 is 1.23 bits per heavy atom. The molecule has 0 saturated carbocycles. The molecule has 1 saturated heterocycles. The van der Waals surface area contributed by atoms with Crippen molar-refractivity contribution in [2.24, 2.45) is 0 Å². The van der Waals surface area contributed by atoms with E-state index in [9.17, 15) is 4.79 Å². The first-order chi connectivity index (χ1) is 10.7. The Kier molecular flexibility index (Phi) is 3.76. The molecule has 2 unspecified atom stereocenters. The van der Waals surface area contributed by atoms with Gasteiger partial charge in [0.2, 0.25) is 0 Å². The van der Waals surface area contributed by atoms with Crippen LogP contribution in [-0.2, 0) is 33.8 Å². The maximum Gasteiger partial charge on any atom is 0.160 e. The molecule has 4 nitrogen and oxygen atoms in total. The van der Waals surface area contributed by atoms with Gasteiger partial charge in [0.15, 0.2) is 12.1 Å². The van der Waals surface area contributed by atoms with E-state index in [1.54, 1.807) is 6.92 Å². The van der Waals surface area contributed by atoms with E-state index in [0.717, 1.165) is 49.8 Å². The SMILES string of the molecule is CC(=O)c1cc2c(c3c1C(OC1CCCCO1)CC3)COC2. The van der Waals surface area contributed by atoms with Gasteiger partial charge in [0.1, 0.15) is 0 Å². The molecule has 4 rings (SSSR count). The van der Waals surface area contributed by atoms with Gasteiger partial charge < -0.3 is 14.2 Å². The summed E-state index contributed by atoms with van der Waals surface area (Å²) < 4.78 is 17.5. The molecule has 0 amide bonds. The molecular weight excluding hydrogens is 280 g/mol. The van der Waals surface area contributed by atoms with Crippen LogP contribution in [0.5, 0.6) is 0 Å². The third-order valence-electron chi connectivity index (χ3n) is 5.00. The second-order valence-corrected chi connectivity index (χ2v) is 6.46. The Morgan fingerprint density at radius 3 is 2.91 bits per heavy atom. The van der Waals surface area contributed by atoms with E-state index in [4.69, 9.17) is 14.2 Å². The van der Waals surface area contributed by atoms with Crippen LogP contribution in [0.2, 0.25) is 0 Å². The minimum absolute atomic E-state index is 0.0112. The Morgan fingerprint density at radius 2 is 2.14 bits per heavy atom. The van der Waals surface area contributed by atoms with Gasteiger partial charge >= 0.3 is 0 Å². The van der Waals surface area contributed by atoms with Gasteiger partial charge in [-0.2, -0.15) is 0 Å². The minimum atomic E-state index is -0.117. The molecule has 118 valence electrons. The average Bonchev–Trinajstić information content (AvgIpc) is 3.14. The van der Waals surface area contributed by atoms with Crippen molar-refractivity contribution in [2.45, 2.75) is 64.6 Å². The van der Waals surface area contributed by atoms with Crippen LogP contribution < -0.4 is 0 Å². The van der Waals surface area contributed by atoms with Crippen LogP contribution in [-0.4, -0.2) is 18.7 Å². The Bertz CT molecular complexity index is 602. The first kappa shape index (κ1) is 14.4. The summed E-state index contributed by atoms with van der Waals surface area (Å²) in [5.74, 6) is 0.117. The highest BCUT2D eigenvalue weighted by Gasteiger charge is 2.34. The van der Waals surface area contributed by atoms with E-state index in [2.05, 4.69) is 0 Å². The molecule has 1 fully saturated rings. The normalized spacial score (nSPS) is 26.8. The topological polar surface area (TPSA) is 44.8 Å². The van der Waals surface area contributed by atoms with Gasteiger partial charge in [-0.15, -0.1) is 0 Å². The molecule has 2 heterocycles. The fourth-order valence-corrected chi connectivity index (χ4v) is 3.93. The number of carbonyl (C=O) groups excluding carboxylic acids is 1. The fourth-order valence-electron chi connectivity index (χ4n) is 3.93. The molecule has 3 aliphatic rings. The second kappa shape index (κ2) is 5.76. The number of hydrogen-bond donors (Lipinski definition) is 0. The highest BCUT2D eigenvalue weighted by Crippen LogP contribution is 2.43. The quantitative estimate of drug-likeness (QED) is 0.802. The monoisotopic (exact) mass is 302 g/mol. The van der Waals surface area contributed by atoms with E-state index < -0.39 is 0 Å². The smallest absolute Gasteiger partial charge is 0.160 e. The van der Waals surface area contributed by atoms with Gasteiger partial charge in [-0.3, -0.25) is 4.79 Å². The van der Waals surface area contributed by atoms with Crippen molar-refractivity contribution in [2.75, 3.05) is 6.61 Å². The Balaban J connectivity index is 1.68. The van der Waals surface area contributed by atoms with Crippen molar-refractivity contribution in [1.29, 1.82) is 0 Å². The third kappa shape index (κ3) is 2.39. The van der Waals surface area contributed by atoms with Crippen LogP contribution in [0.25, 0.3) is 0 Å². The molecule has 1 aromatic rings. The van der Waals surface area contributed by atoms with Crippen LogP contribution in [0, 0.1) is 0 Å². The van der Waals surface area contributed by atoms with Crippen molar-refractivity contribution >= 4 is 5.78 Å². The molecular formula is C18H22O4. The summed E-state index contributed by atoms with van der Waals surface area (Å²) in [5, 5.41) is 0. The van der Waals surface area contributed by atoms with Crippen molar-refractivity contribution < 1.29 is 19.0 Å². The highest BCUT2D eigenvalue weighted by molar-refractivity contribution is 5.96. The standard InChI is InChI=1S/C18H22O4/c1-11(19)14-8-12-9-20-10-15(12)13-5-6-16(18(13)14)22-17-4-2-3-7-21-17/h8,16-17H,2-7,9-10H2,1H3. The summed E-state index contributed by atoms with van der Waals surface area (Å²) in [5.41, 5.74) is 5.68. The molecule has 4 heteroatoms. The second-order valence-electron chi connectivity index (χ2n) is 6.46. The first-order valence-electron chi connectivity index (χ1n) is 8.27. The minimum Gasteiger partial charge on any atom is -0.372 e. The van der Waals surface area contributed by atoms with Crippen molar-refractivity contribution in [3.8, 4) is 0 Å². The molecule has 0 spiro atoms. The summed E-state index contributed by atoms with van der Waals surface area (Å²) in [6.45, 7) is 3.72. The number of ketones is 1. The number of hydrogen-bond acceptors (Lipinski definition) is 4. The third-order valence-corrected chi connectivity index (χ3v) is 5.00. The van der Waals surface area contributed by atoms with E-state index in [1.807, 2.05) is 6.07 Å². The zero-order valence-electron chi connectivity index (χ0n) is 13.0. The van der Waals surface area contributed by atoms with Crippen molar-refractivity contribution in [1.82, 2.24) is 0 Å². The number of rotatable bonds is 3. The van der Waals surface area contributed by atoms with Gasteiger partial charge in [0, 0.05) is 12.2 Å². The first-order valence-corrected chi connectivity index (χ1v) is 8.27. The Hall–Kier alpha value is -1.23. The van der Waals surface area contributed by atoms with E-state index in [-0.39, 0.29) is 18.2 Å². The summed E-state index contributed by atoms with van der Waals surface area (Å²) in [6.07, 6.45) is 5.00. The average molecular weight is 302 g/mol. The summed E-state index contributed by atoms with van der Waals surface area (Å²) in [4.78, 5) is 12.1. The number of carbonyl (C=O) groups is 1. The number of benzene rings is 1. The molecule has 22 heavy (non-hydrogen) atoms. The van der Waals surface area contributed by atoms with Crippen LogP contribution >= 0.6 is 0 Å². The van der Waals surface area contributed by atoms with E-state index >= 15 is 0 Å². The van der Waals surface area contributed by atoms with Gasteiger partial charge in [0.25, 0.3) is 0 Å². The van der Waals surface area contributed by atoms with Gasteiger partial charge in [0.05, 0.1) is 19.3 Å². The number of ether oxygens (including phenoxy) is 3. The van der Waals surface area contributed by atoms with Crippen molar-refractivity contribution in [3.63, 3.8) is 0 Å². The number of fused-ring (bicyclic) bond motifs is 3. The lowest BCUT2D eigenvalue weighted by Gasteiger charge is -2.27. The van der Waals surface area contributed by atoms with Crippen LogP contribution in [0.1, 0.15) is 71.3 Å². The van der Waals surface area contributed by atoms with E-state index in [1.165, 1.54) is 16.7 Å². The highest BCUT2D eigenvalue weighted by atomic mass is 16.7. The summed E-state index contributed by atoms with van der Waals surface area (Å²) >= 11 is 0. The zero-order chi connectivity index (χ0) is 15.1. The zero-order valence-corrected chi connectivity index (χ0v) is 13.0. The predicted octanol–water partition coefficient (Wildman–Crippen LogP) is 3.45. The fraction of sp³-hybridized carbons (Fsp3) is 0.611. The maximum atomic E-state index is 12.1. The summed E-state index contributed by atoms with van der Waals surface area (Å²) in [6, 6.07) is 2.02. The van der Waals surface area contributed by atoms with E-state index in [0.29, 0.717) is 13.2 Å².